The average Bonchev–Trinajstić information content (AvgIpc) is 2.53. The molecule has 24 heavy (non-hydrogen) atoms. The minimum atomic E-state index is -0.958. The summed E-state index contributed by atoms with van der Waals surface area (Å²) in [5.41, 5.74) is 1.44. The molecule has 2 aromatic rings. The molecule has 0 spiro atoms. The third-order valence-corrected chi connectivity index (χ3v) is 4.03. The van der Waals surface area contributed by atoms with E-state index >= 15 is 0 Å². The largest absolute Gasteiger partial charge is 0.481 e. The summed E-state index contributed by atoms with van der Waals surface area (Å²) in [7, 11) is 0. The van der Waals surface area contributed by atoms with Gasteiger partial charge in [-0.15, -0.1) is 0 Å². The topological polar surface area (TPSA) is 79.7 Å². The van der Waals surface area contributed by atoms with Crippen LogP contribution in [0.1, 0.15) is 22.5 Å². The fourth-order valence-corrected chi connectivity index (χ4v) is 2.85. The van der Waals surface area contributed by atoms with Crippen molar-refractivity contribution in [3.8, 4) is 0 Å². The molecule has 7 heteroatoms. The highest BCUT2D eigenvalue weighted by molar-refractivity contribution is 5.98. The molecule has 3 rings (SSSR count). The normalized spacial score (nSPS) is 17.9. The summed E-state index contributed by atoms with van der Waals surface area (Å²) in [6.07, 6.45) is -0.652. The molecule has 6 nitrogen and oxygen atoms in total. The number of aryl methyl sites for hydroxylation is 1. The van der Waals surface area contributed by atoms with Gasteiger partial charge in [-0.25, -0.2) is 4.39 Å². The number of fused-ring (bicyclic) bond motifs is 1. The molecule has 1 aromatic heterocycles. The van der Waals surface area contributed by atoms with Crippen LogP contribution < -0.4 is 0 Å². The van der Waals surface area contributed by atoms with Crippen LogP contribution in [0.25, 0.3) is 10.9 Å². The lowest BCUT2D eigenvalue weighted by atomic mass is 10.1. The molecule has 1 atom stereocenters. The average molecular weight is 332 g/mol. The lowest BCUT2D eigenvalue weighted by molar-refractivity contribution is -0.141. The Morgan fingerprint density at radius 2 is 2.21 bits per heavy atom. The molecule has 1 aliphatic rings. The number of hydrogen-bond donors (Lipinski definition) is 1. The van der Waals surface area contributed by atoms with E-state index in [1.807, 2.05) is 0 Å². The van der Waals surface area contributed by atoms with Crippen molar-refractivity contribution in [1.29, 1.82) is 0 Å². The van der Waals surface area contributed by atoms with Crippen LogP contribution in [0.4, 0.5) is 4.39 Å². The molecule has 1 aromatic carbocycles. The van der Waals surface area contributed by atoms with Crippen molar-refractivity contribution in [2.75, 3.05) is 19.7 Å². The van der Waals surface area contributed by atoms with Crippen LogP contribution in [0.5, 0.6) is 0 Å². The van der Waals surface area contributed by atoms with Crippen molar-refractivity contribution in [3.63, 3.8) is 0 Å². The summed E-state index contributed by atoms with van der Waals surface area (Å²) in [4.78, 5) is 29.5. The Morgan fingerprint density at radius 1 is 1.42 bits per heavy atom. The van der Waals surface area contributed by atoms with Gasteiger partial charge >= 0.3 is 5.97 Å². The number of hydrogen-bond acceptors (Lipinski definition) is 4. The van der Waals surface area contributed by atoms with Crippen molar-refractivity contribution in [2.24, 2.45) is 0 Å². The molecule has 0 aliphatic carbocycles. The van der Waals surface area contributed by atoms with Gasteiger partial charge < -0.3 is 14.7 Å². The minimum Gasteiger partial charge on any atom is -0.481 e. The van der Waals surface area contributed by atoms with Crippen LogP contribution in [0.15, 0.2) is 24.3 Å². The minimum absolute atomic E-state index is 0.141. The Bertz CT molecular complexity index is 809. The molecule has 0 bridgehead atoms. The summed E-state index contributed by atoms with van der Waals surface area (Å²) < 4.78 is 18.7. The van der Waals surface area contributed by atoms with Gasteiger partial charge in [0.15, 0.2) is 0 Å². The van der Waals surface area contributed by atoms with E-state index in [9.17, 15) is 14.0 Å². The zero-order valence-corrected chi connectivity index (χ0v) is 13.2. The van der Waals surface area contributed by atoms with Crippen LogP contribution in [-0.4, -0.2) is 52.7 Å². The van der Waals surface area contributed by atoms with Crippen LogP contribution in [0.2, 0.25) is 0 Å². The second-order valence-corrected chi connectivity index (χ2v) is 5.80. The fraction of sp³-hybridized carbons (Fsp3) is 0.353. The third-order valence-electron chi connectivity index (χ3n) is 4.03. The zero-order valence-electron chi connectivity index (χ0n) is 13.2. The van der Waals surface area contributed by atoms with Gasteiger partial charge in [-0.2, -0.15) is 0 Å². The monoisotopic (exact) mass is 332 g/mol. The van der Waals surface area contributed by atoms with Gasteiger partial charge in [0.2, 0.25) is 0 Å². The predicted octanol–water partition coefficient (Wildman–Crippen LogP) is 2.00. The molecule has 1 aliphatic heterocycles. The standard InChI is InChI=1S/C17H17FN2O4/c1-10-14(6-11-2-3-12(18)7-15(11)19-10)17(23)20-4-5-24-13(9-20)8-16(21)22/h2-3,6-7,13H,4-5,8-9H2,1H3,(H,21,22)/t13-/m1/s1. The predicted molar refractivity (Wildman–Crippen MR) is 84.3 cm³/mol. The maximum absolute atomic E-state index is 13.3. The van der Waals surface area contributed by atoms with E-state index in [-0.39, 0.29) is 24.7 Å². The molecule has 1 N–H and O–H groups in total. The highest BCUT2D eigenvalue weighted by Crippen LogP contribution is 2.20. The number of nitrogens with zero attached hydrogens (tertiary/aromatic N) is 2. The Hall–Kier alpha value is -2.54. The number of rotatable bonds is 3. The molecular weight excluding hydrogens is 315 g/mol. The molecule has 0 unspecified atom stereocenters. The van der Waals surface area contributed by atoms with Gasteiger partial charge in [0, 0.05) is 24.5 Å². The van der Waals surface area contributed by atoms with Gasteiger partial charge in [0.1, 0.15) is 5.82 Å². The SMILES string of the molecule is Cc1nc2cc(F)ccc2cc1C(=O)N1CCO[C@H](CC(=O)O)C1. The molecule has 1 amide bonds. The van der Waals surface area contributed by atoms with Crippen LogP contribution in [0.3, 0.4) is 0 Å². The van der Waals surface area contributed by atoms with E-state index in [1.165, 1.54) is 12.1 Å². The summed E-state index contributed by atoms with van der Waals surface area (Å²) in [5, 5.41) is 9.55. The van der Waals surface area contributed by atoms with Crippen LogP contribution in [0, 0.1) is 12.7 Å². The molecule has 126 valence electrons. The maximum atomic E-state index is 13.3. The van der Waals surface area contributed by atoms with Crippen molar-refractivity contribution in [1.82, 2.24) is 9.88 Å². The Kier molecular flexibility index (Phi) is 4.44. The van der Waals surface area contributed by atoms with Crippen LogP contribution >= 0.6 is 0 Å². The first-order chi connectivity index (χ1) is 11.4. The van der Waals surface area contributed by atoms with E-state index in [4.69, 9.17) is 9.84 Å². The fourth-order valence-electron chi connectivity index (χ4n) is 2.85. The summed E-state index contributed by atoms with van der Waals surface area (Å²) in [5.74, 6) is -1.55. The summed E-state index contributed by atoms with van der Waals surface area (Å²) in [6, 6.07) is 5.93. The van der Waals surface area contributed by atoms with Crippen molar-refractivity contribution in [2.45, 2.75) is 19.4 Å². The summed E-state index contributed by atoms with van der Waals surface area (Å²) >= 11 is 0. The van der Waals surface area contributed by atoms with Crippen molar-refractivity contribution < 1.29 is 23.8 Å². The second-order valence-electron chi connectivity index (χ2n) is 5.80. The molecule has 0 saturated carbocycles. The Balaban J connectivity index is 1.86. The number of aromatic nitrogens is 1. The highest BCUT2D eigenvalue weighted by atomic mass is 19.1. The van der Waals surface area contributed by atoms with Crippen molar-refractivity contribution in [3.05, 3.63) is 41.3 Å². The zero-order chi connectivity index (χ0) is 17.3. The second kappa shape index (κ2) is 6.52. The van der Waals surface area contributed by atoms with E-state index in [0.29, 0.717) is 35.3 Å². The summed E-state index contributed by atoms with van der Waals surface area (Å²) in [6.45, 7) is 2.63. The number of amides is 1. The first-order valence-corrected chi connectivity index (χ1v) is 7.63. The molecule has 0 radical (unpaired) electrons. The Morgan fingerprint density at radius 3 is 2.96 bits per heavy atom. The Labute approximate surface area is 137 Å². The number of morpholine rings is 1. The van der Waals surface area contributed by atoms with E-state index in [0.717, 1.165) is 0 Å². The molecule has 2 heterocycles. The van der Waals surface area contributed by atoms with Gasteiger partial charge in [0.25, 0.3) is 5.91 Å². The van der Waals surface area contributed by atoms with Gasteiger partial charge in [-0.1, -0.05) is 0 Å². The molecule has 1 saturated heterocycles. The lowest BCUT2D eigenvalue weighted by Crippen LogP contribution is -2.46. The van der Waals surface area contributed by atoms with Gasteiger partial charge in [0.05, 0.1) is 35.9 Å². The van der Waals surface area contributed by atoms with E-state index < -0.39 is 12.1 Å². The number of carboxylic acids is 1. The quantitative estimate of drug-likeness (QED) is 0.930. The first kappa shape index (κ1) is 16.3. The first-order valence-electron chi connectivity index (χ1n) is 7.63. The number of ether oxygens (including phenoxy) is 1. The molecule has 1 fully saturated rings. The lowest BCUT2D eigenvalue weighted by Gasteiger charge is -2.32. The van der Waals surface area contributed by atoms with Crippen LogP contribution in [-0.2, 0) is 9.53 Å². The van der Waals surface area contributed by atoms with Crippen molar-refractivity contribution >= 4 is 22.8 Å². The number of carboxylic acid groups (broad SMARTS) is 1. The molecular formula is C17H17FN2O4. The maximum Gasteiger partial charge on any atom is 0.306 e. The number of carbonyl (C=O) groups is 2. The smallest absolute Gasteiger partial charge is 0.306 e. The third kappa shape index (κ3) is 3.35. The number of pyridine rings is 1. The van der Waals surface area contributed by atoms with E-state index in [2.05, 4.69) is 4.98 Å². The van der Waals surface area contributed by atoms with Gasteiger partial charge in [-0.3, -0.25) is 14.6 Å². The number of halogens is 1. The highest BCUT2D eigenvalue weighted by Gasteiger charge is 2.27. The van der Waals surface area contributed by atoms with Gasteiger partial charge in [-0.05, 0) is 25.1 Å². The number of carbonyl (C=O) groups excluding carboxylic acids is 1. The van der Waals surface area contributed by atoms with E-state index in [1.54, 1.807) is 24.0 Å². The number of benzene rings is 1. The number of aliphatic carboxylic acids is 1.